The Labute approximate surface area is 192 Å². The Morgan fingerprint density at radius 3 is 2.36 bits per heavy atom. The fourth-order valence-corrected chi connectivity index (χ4v) is 3.80. The van der Waals surface area contributed by atoms with Gasteiger partial charge < -0.3 is 14.2 Å². The van der Waals surface area contributed by atoms with E-state index < -0.39 is 0 Å². The van der Waals surface area contributed by atoms with Crippen LogP contribution in [0.2, 0.25) is 0 Å². The molecule has 33 heavy (non-hydrogen) atoms. The Kier molecular flexibility index (Phi) is 6.02. The Bertz CT molecular complexity index is 1220. The molecule has 1 aromatic heterocycles. The summed E-state index contributed by atoms with van der Waals surface area (Å²) in [5.41, 5.74) is 3.67. The van der Waals surface area contributed by atoms with Gasteiger partial charge in [-0.15, -0.1) is 0 Å². The molecule has 0 amide bonds. The second-order valence-corrected chi connectivity index (χ2v) is 7.80. The van der Waals surface area contributed by atoms with Gasteiger partial charge in [-0.05, 0) is 53.1 Å². The van der Waals surface area contributed by atoms with Gasteiger partial charge in [0.25, 0.3) is 0 Å². The van der Waals surface area contributed by atoms with Crippen molar-refractivity contribution in [3.05, 3.63) is 120 Å². The summed E-state index contributed by atoms with van der Waals surface area (Å²) in [6, 6.07) is 27.2. The SMILES string of the molecule is O=C1CCOc2cc(O[C@H](c3ccncc3)c3ccc(OCc4ccccc4)cc3)ccc21. The molecule has 2 heterocycles. The van der Waals surface area contributed by atoms with Gasteiger partial charge in [0.1, 0.15) is 30.0 Å². The fourth-order valence-electron chi connectivity index (χ4n) is 3.80. The third-order valence-corrected chi connectivity index (χ3v) is 5.53. The molecule has 1 aliphatic heterocycles. The first-order valence-electron chi connectivity index (χ1n) is 10.9. The molecule has 4 aromatic rings. The van der Waals surface area contributed by atoms with Gasteiger partial charge in [-0.2, -0.15) is 0 Å². The average Bonchev–Trinajstić information content (AvgIpc) is 2.88. The molecular weight excluding hydrogens is 414 g/mol. The maximum absolute atomic E-state index is 12.1. The molecule has 5 rings (SSSR count). The van der Waals surface area contributed by atoms with E-state index in [1.54, 1.807) is 24.5 Å². The Morgan fingerprint density at radius 1 is 0.848 bits per heavy atom. The van der Waals surface area contributed by atoms with Gasteiger partial charge in [-0.3, -0.25) is 9.78 Å². The first kappa shape index (κ1) is 20.8. The van der Waals surface area contributed by atoms with Crippen molar-refractivity contribution in [3.63, 3.8) is 0 Å². The summed E-state index contributed by atoms with van der Waals surface area (Å²) in [5.74, 6) is 2.09. The highest BCUT2D eigenvalue weighted by Gasteiger charge is 2.21. The van der Waals surface area contributed by atoms with E-state index in [9.17, 15) is 4.79 Å². The van der Waals surface area contributed by atoms with E-state index in [-0.39, 0.29) is 11.9 Å². The second kappa shape index (κ2) is 9.57. The lowest BCUT2D eigenvalue weighted by atomic mass is 10.0. The van der Waals surface area contributed by atoms with Crippen molar-refractivity contribution in [2.24, 2.45) is 0 Å². The lowest BCUT2D eigenvalue weighted by Gasteiger charge is -2.22. The highest BCUT2D eigenvalue weighted by atomic mass is 16.5. The van der Waals surface area contributed by atoms with Crippen LogP contribution in [0.4, 0.5) is 0 Å². The molecule has 0 N–H and O–H groups in total. The molecule has 0 saturated carbocycles. The number of fused-ring (bicyclic) bond motifs is 1. The minimum Gasteiger partial charge on any atom is -0.492 e. The lowest BCUT2D eigenvalue weighted by Crippen LogP contribution is -2.15. The van der Waals surface area contributed by atoms with E-state index in [2.05, 4.69) is 4.98 Å². The highest BCUT2D eigenvalue weighted by Crippen LogP contribution is 2.34. The van der Waals surface area contributed by atoms with Crippen molar-refractivity contribution >= 4 is 5.78 Å². The van der Waals surface area contributed by atoms with Crippen molar-refractivity contribution in [3.8, 4) is 17.2 Å². The zero-order valence-corrected chi connectivity index (χ0v) is 18.0. The van der Waals surface area contributed by atoms with Crippen molar-refractivity contribution in [2.45, 2.75) is 19.1 Å². The van der Waals surface area contributed by atoms with Crippen molar-refractivity contribution in [1.82, 2.24) is 4.98 Å². The summed E-state index contributed by atoms with van der Waals surface area (Å²) < 4.78 is 18.0. The van der Waals surface area contributed by atoms with Crippen molar-refractivity contribution in [2.75, 3.05) is 6.61 Å². The molecule has 0 aliphatic carbocycles. The Hall–Kier alpha value is -4.12. The van der Waals surface area contributed by atoms with Gasteiger partial charge in [0.15, 0.2) is 5.78 Å². The number of hydrogen-bond donors (Lipinski definition) is 0. The summed E-state index contributed by atoms with van der Waals surface area (Å²) >= 11 is 0. The molecule has 1 atom stereocenters. The molecule has 0 bridgehead atoms. The van der Waals surface area contributed by atoms with Crippen LogP contribution in [-0.4, -0.2) is 17.4 Å². The number of carbonyl (C=O) groups excluding carboxylic acids is 1. The molecule has 0 fully saturated rings. The number of Topliss-reactive ketones (excluding diaryl/α,β-unsaturated/α-hetero) is 1. The molecule has 0 unspecified atom stereocenters. The molecule has 0 spiro atoms. The lowest BCUT2D eigenvalue weighted by molar-refractivity contribution is 0.0933. The number of ketones is 1. The van der Waals surface area contributed by atoms with E-state index in [0.717, 1.165) is 22.4 Å². The zero-order valence-electron chi connectivity index (χ0n) is 18.0. The Balaban J connectivity index is 1.37. The number of pyridine rings is 1. The number of aromatic nitrogens is 1. The van der Waals surface area contributed by atoms with E-state index in [4.69, 9.17) is 14.2 Å². The highest BCUT2D eigenvalue weighted by molar-refractivity contribution is 5.99. The summed E-state index contributed by atoms with van der Waals surface area (Å²) in [5, 5.41) is 0. The first-order chi connectivity index (χ1) is 16.3. The van der Waals surface area contributed by atoms with Gasteiger partial charge in [0.05, 0.1) is 12.2 Å². The van der Waals surface area contributed by atoms with E-state index in [1.165, 1.54) is 0 Å². The summed E-state index contributed by atoms with van der Waals surface area (Å²) in [6.45, 7) is 0.909. The molecule has 5 nitrogen and oxygen atoms in total. The molecule has 1 aliphatic rings. The van der Waals surface area contributed by atoms with Crippen molar-refractivity contribution in [1.29, 1.82) is 0 Å². The fraction of sp³-hybridized carbons (Fsp3) is 0.143. The van der Waals surface area contributed by atoms with Crippen LogP contribution in [0.1, 0.15) is 39.6 Å². The topological polar surface area (TPSA) is 57.7 Å². The third kappa shape index (κ3) is 4.88. The number of rotatable bonds is 7. The molecule has 164 valence electrons. The largest absolute Gasteiger partial charge is 0.492 e. The van der Waals surface area contributed by atoms with Gasteiger partial charge in [0, 0.05) is 24.9 Å². The smallest absolute Gasteiger partial charge is 0.169 e. The minimum absolute atomic E-state index is 0.0968. The standard InChI is InChI=1S/C28H23NO4/c30-26-14-17-31-27-18-24(10-11-25(26)27)33-28(22-12-15-29-16-13-22)21-6-8-23(9-7-21)32-19-20-4-2-1-3-5-20/h1-13,15-16,18,28H,14,17,19H2/t28-/m0/s1. The Morgan fingerprint density at radius 2 is 1.58 bits per heavy atom. The average molecular weight is 437 g/mol. The van der Waals surface area contributed by atoms with Crippen LogP contribution in [0, 0.1) is 0 Å². The van der Waals surface area contributed by atoms with Gasteiger partial charge in [-0.1, -0.05) is 42.5 Å². The zero-order chi connectivity index (χ0) is 22.5. The first-order valence-corrected chi connectivity index (χ1v) is 10.9. The van der Waals surface area contributed by atoms with Crippen LogP contribution in [0.5, 0.6) is 17.2 Å². The second-order valence-electron chi connectivity index (χ2n) is 7.80. The molecule has 5 heteroatoms. The number of nitrogens with zero attached hydrogens (tertiary/aromatic N) is 1. The molecule has 0 saturated heterocycles. The van der Waals surface area contributed by atoms with Gasteiger partial charge in [0.2, 0.25) is 0 Å². The number of ether oxygens (including phenoxy) is 3. The predicted octanol–water partition coefficient (Wildman–Crippen LogP) is 5.79. The van der Waals surface area contributed by atoms with E-state index in [0.29, 0.717) is 36.7 Å². The van der Waals surface area contributed by atoms with Gasteiger partial charge >= 0.3 is 0 Å². The number of benzene rings is 3. The molecule has 3 aromatic carbocycles. The summed E-state index contributed by atoms with van der Waals surface area (Å²) in [4.78, 5) is 16.2. The van der Waals surface area contributed by atoms with Crippen LogP contribution in [0.3, 0.4) is 0 Å². The minimum atomic E-state index is -0.353. The third-order valence-electron chi connectivity index (χ3n) is 5.53. The van der Waals surface area contributed by atoms with Crippen LogP contribution in [0.25, 0.3) is 0 Å². The summed E-state index contributed by atoms with van der Waals surface area (Å²) in [7, 11) is 0. The van der Waals surface area contributed by atoms with E-state index >= 15 is 0 Å². The molecular formula is C28H23NO4. The van der Waals surface area contributed by atoms with E-state index in [1.807, 2.05) is 72.8 Å². The number of carbonyl (C=O) groups is 1. The maximum Gasteiger partial charge on any atom is 0.169 e. The van der Waals surface area contributed by atoms with Crippen LogP contribution in [-0.2, 0) is 6.61 Å². The number of hydrogen-bond acceptors (Lipinski definition) is 5. The molecule has 0 radical (unpaired) electrons. The van der Waals surface area contributed by atoms with Crippen molar-refractivity contribution < 1.29 is 19.0 Å². The quantitative estimate of drug-likeness (QED) is 0.366. The normalized spacial score (nSPS) is 13.5. The van der Waals surface area contributed by atoms with Crippen LogP contribution < -0.4 is 14.2 Å². The van der Waals surface area contributed by atoms with Crippen LogP contribution >= 0.6 is 0 Å². The van der Waals surface area contributed by atoms with Crippen LogP contribution in [0.15, 0.2) is 97.3 Å². The predicted molar refractivity (Wildman–Crippen MR) is 125 cm³/mol. The monoisotopic (exact) mass is 437 g/mol. The van der Waals surface area contributed by atoms with Gasteiger partial charge in [-0.25, -0.2) is 0 Å². The maximum atomic E-state index is 12.1. The summed E-state index contributed by atoms with van der Waals surface area (Å²) in [6.07, 6.45) is 3.55.